The van der Waals surface area contributed by atoms with Crippen LogP contribution < -0.4 is 10.5 Å². The molecule has 0 aliphatic carbocycles. The fourth-order valence-corrected chi connectivity index (χ4v) is 2.31. The maximum absolute atomic E-state index is 11.9. The van der Waals surface area contributed by atoms with Gasteiger partial charge in [-0.25, -0.2) is 8.42 Å². The van der Waals surface area contributed by atoms with Gasteiger partial charge in [-0.1, -0.05) is 11.6 Å². The molecule has 1 heterocycles. The van der Waals surface area contributed by atoms with E-state index in [9.17, 15) is 8.42 Å². The van der Waals surface area contributed by atoms with E-state index in [1.807, 2.05) is 0 Å². The number of hydrogen-bond donors (Lipinski definition) is 2. The van der Waals surface area contributed by atoms with E-state index in [2.05, 4.69) is 14.9 Å². The predicted molar refractivity (Wildman–Crippen MR) is 74.5 cm³/mol. The number of nitrogen functional groups attached to an aromatic ring is 1. The molecule has 0 unspecified atom stereocenters. The van der Waals surface area contributed by atoms with E-state index >= 15 is 0 Å². The third-order valence-corrected chi connectivity index (χ3v) is 3.63. The Morgan fingerprint density at radius 2 is 1.68 bits per heavy atom. The van der Waals surface area contributed by atoms with E-state index in [1.54, 1.807) is 0 Å². The van der Waals surface area contributed by atoms with Crippen molar-refractivity contribution in [2.45, 2.75) is 4.90 Å². The van der Waals surface area contributed by atoms with Gasteiger partial charge in [-0.05, 0) is 36.4 Å². The summed E-state index contributed by atoms with van der Waals surface area (Å²) in [5.74, 6) is 0.0937. The zero-order chi connectivity index (χ0) is 13.2. The molecule has 9 heteroatoms. The van der Waals surface area contributed by atoms with Crippen LogP contribution in [0.1, 0.15) is 0 Å². The molecule has 2 aromatic rings. The number of rotatable bonds is 3. The van der Waals surface area contributed by atoms with Crippen molar-refractivity contribution in [3.05, 3.63) is 41.6 Å². The number of nitrogens with one attached hydrogen (secondary N) is 1. The summed E-state index contributed by atoms with van der Waals surface area (Å²) in [6.07, 6.45) is 0. The Hall–Kier alpha value is -0.860. The van der Waals surface area contributed by atoms with Gasteiger partial charge < -0.3 is 5.73 Å². The Morgan fingerprint density at radius 1 is 1.05 bits per heavy atom. The van der Waals surface area contributed by atoms with Gasteiger partial charge >= 0.3 is 0 Å². The van der Waals surface area contributed by atoms with Crippen LogP contribution in [-0.2, 0) is 10.0 Å². The maximum Gasteiger partial charge on any atom is 0.263 e. The molecule has 0 atom stereocenters. The molecule has 0 saturated heterocycles. The van der Waals surface area contributed by atoms with E-state index in [1.165, 1.54) is 36.4 Å². The first-order chi connectivity index (χ1) is 8.47. The molecule has 2 rings (SSSR count). The summed E-state index contributed by atoms with van der Waals surface area (Å²) >= 11 is 5.55. The standard InChI is InChI=1S/C10H9ClN4O2S.Na/c11-9-5-6-10(14-13-9)15-18(16,17)8-3-1-7(12)2-4-8;/h1-6H,12H2,(H,14,15);. The molecule has 1 radical (unpaired) electrons. The number of sulfonamides is 1. The Labute approximate surface area is 137 Å². The third-order valence-electron chi connectivity index (χ3n) is 2.06. The number of anilines is 2. The van der Waals surface area contributed by atoms with Crippen molar-refractivity contribution >= 4 is 62.7 Å². The first-order valence-electron chi connectivity index (χ1n) is 4.85. The van der Waals surface area contributed by atoms with Crippen molar-refractivity contribution in [2.24, 2.45) is 0 Å². The zero-order valence-electron chi connectivity index (χ0n) is 10.0. The molecule has 19 heavy (non-hydrogen) atoms. The van der Waals surface area contributed by atoms with Crippen molar-refractivity contribution in [1.29, 1.82) is 0 Å². The minimum atomic E-state index is -3.69. The molecule has 0 saturated carbocycles. The quantitative estimate of drug-likeness (QED) is 0.654. The van der Waals surface area contributed by atoms with Crippen LogP contribution in [0.3, 0.4) is 0 Å². The summed E-state index contributed by atoms with van der Waals surface area (Å²) < 4.78 is 26.2. The van der Waals surface area contributed by atoms with Gasteiger partial charge in [-0.3, -0.25) is 4.72 Å². The van der Waals surface area contributed by atoms with Gasteiger partial charge in [0.25, 0.3) is 10.0 Å². The summed E-state index contributed by atoms with van der Waals surface area (Å²) in [5, 5.41) is 7.33. The number of halogens is 1. The number of nitrogens with zero attached hydrogens (tertiary/aromatic N) is 2. The molecule has 0 fully saturated rings. The summed E-state index contributed by atoms with van der Waals surface area (Å²) in [5.41, 5.74) is 5.97. The number of hydrogen-bond acceptors (Lipinski definition) is 5. The zero-order valence-corrected chi connectivity index (χ0v) is 13.6. The Kier molecular flexibility index (Phi) is 5.57. The summed E-state index contributed by atoms with van der Waals surface area (Å²) in [4.78, 5) is 0.0912. The summed E-state index contributed by atoms with van der Waals surface area (Å²) in [6.45, 7) is 0. The van der Waals surface area contributed by atoms with E-state index in [-0.39, 0.29) is 45.4 Å². The van der Waals surface area contributed by atoms with Crippen LogP contribution in [0, 0.1) is 0 Å². The first kappa shape index (κ1) is 16.2. The molecule has 95 valence electrons. The van der Waals surface area contributed by atoms with Gasteiger partial charge in [0, 0.05) is 35.2 Å². The van der Waals surface area contributed by atoms with E-state index in [0.29, 0.717) is 5.69 Å². The van der Waals surface area contributed by atoms with Crippen LogP contribution in [0.4, 0.5) is 11.5 Å². The molecular weight excluding hydrogens is 299 g/mol. The van der Waals surface area contributed by atoms with Crippen LogP contribution in [0.2, 0.25) is 5.15 Å². The second-order valence-electron chi connectivity index (χ2n) is 3.42. The molecule has 3 N–H and O–H groups in total. The third kappa shape index (κ3) is 4.32. The van der Waals surface area contributed by atoms with Gasteiger partial charge in [0.2, 0.25) is 0 Å². The summed E-state index contributed by atoms with van der Waals surface area (Å²) in [6, 6.07) is 8.67. The van der Waals surface area contributed by atoms with Crippen molar-refractivity contribution < 1.29 is 8.42 Å². The van der Waals surface area contributed by atoms with Gasteiger partial charge in [-0.15, -0.1) is 10.2 Å². The Balaban J connectivity index is 0.00000180. The van der Waals surface area contributed by atoms with Crippen molar-refractivity contribution in [2.75, 3.05) is 10.5 Å². The molecule has 1 aromatic heterocycles. The van der Waals surface area contributed by atoms with E-state index in [0.717, 1.165) is 0 Å². The molecule has 1 aromatic carbocycles. The van der Waals surface area contributed by atoms with Crippen LogP contribution in [0.25, 0.3) is 0 Å². The number of aromatic nitrogens is 2. The maximum atomic E-state index is 11.9. The van der Waals surface area contributed by atoms with Crippen molar-refractivity contribution in [1.82, 2.24) is 10.2 Å². The number of benzene rings is 1. The SMILES string of the molecule is Nc1ccc(S(=O)(=O)Nc2ccc(Cl)nn2)cc1.[Na]. The molecule has 0 spiro atoms. The largest absolute Gasteiger partial charge is 0.399 e. The smallest absolute Gasteiger partial charge is 0.263 e. The second kappa shape index (κ2) is 6.53. The monoisotopic (exact) mass is 307 g/mol. The fourth-order valence-electron chi connectivity index (χ4n) is 1.21. The van der Waals surface area contributed by atoms with Crippen LogP contribution in [0.5, 0.6) is 0 Å². The van der Waals surface area contributed by atoms with Gasteiger partial charge in [-0.2, -0.15) is 0 Å². The topological polar surface area (TPSA) is 98.0 Å². The second-order valence-corrected chi connectivity index (χ2v) is 5.49. The van der Waals surface area contributed by atoms with Crippen molar-refractivity contribution in [3.8, 4) is 0 Å². The predicted octanol–water partition coefficient (Wildman–Crippen LogP) is 1.13. The molecule has 0 amide bonds. The summed E-state index contributed by atoms with van der Waals surface area (Å²) in [7, 11) is -3.69. The van der Waals surface area contributed by atoms with Crippen LogP contribution in [0.15, 0.2) is 41.3 Å². The fraction of sp³-hybridized carbons (Fsp3) is 0. The average molecular weight is 308 g/mol. The Bertz CT molecular complexity index is 646. The van der Waals surface area contributed by atoms with Crippen molar-refractivity contribution in [3.63, 3.8) is 0 Å². The molecule has 0 aliphatic heterocycles. The van der Waals surface area contributed by atoms with Gasteiger partial charge in [0.1, 0.15) is 0 Å². The molecule has 0 aliphatic rings. The van der Waals surface area contributed by atoms with Crippen LogP contribution >= 0.6 is 11.6 Å². The normalized spacial score (nSPS) is 10.6. The first-order valence-corrected chi connectivity index (χ1v) is 6.71. The molecule has 6 nitrogen and oxygen atoms in total. The minimum Gasteiger partial charge on any atom is -0.399 e. The van der Waals surface area contributed by atoms with E-state index in [4.69, 9.17) is 17.3 Å². The molecule has 0 bridgehead atoms. The van der Waals surface area contributed by atoms with Gasteiger partial charge in [0.05, 0.1) is 4.90 Å². The van der Waals surface area contributed by atoms with Gasteiger partial charge in [0.15, 0.2) is 11.0 Å². The number of nitrogens with two attached hydrogens (primary N) is 1. The average Bonchev–Trinajstić information content (AvgIpc) is 2.32. The Morgan fingerprint density at radius 3 is 2.21 bits per heavy atom. The van der Waals surface area contributed by atoms with Crippen LogP contribution in [-0.4, -0.2) is 48.2 Å². The minimum absolute atomic E-state index is 0. The van der Waals surface area contributed by atoms with E-state index < -0.39 is 10.0 Å². The molecular formula is C10H9ClN4NaO2S.